The van der Waals surface area contributed by atoms with Gasteiger partial charge in [0.15, 0.2) is 0 Å². The fourth-order valence-electron chi connectivity index (χ4n) is 2.47. The van der Waals surface area contributed by atoms with Gasteiger partial charge < -0.3 is 5.32 Å². The first kappa shape index (κ1) is 12.1. The van der Waals surface area contributed by atoms with E-state index in [1.165, 1.54) is 35.6 Å². The van der Waals surface area contributed by atoms with Crippen molar-refractivity contribution in [1.82, 2.24) is 10.2 Å². The minimum Gasteiger partial charge on any atom is -0.318 e. The van der Waals surface area contributed by atoms with E-state index in [4.69, 9.17) is 0 Å². The SMILES string of the molecule is CCc1ccc(CN2CCCC2CNC)s1. The fraction of sp³-hybridized carbons (Fsp3) is 0.692. The van der Waals surface area contributed by atoms with E-state index in [2.05, 4.69) is 36.3 Å². The Labute approximate surface area is 103 Å². The van der Waals surface area contributed by atoms with Crippen LogP contribution in [0.4, 0.5) is 0 Å². The first-order chi connectivity index (χ1) is 7.83. The summed E-state index contributed by atoms with van der Waals surface area (Å²) in [6, 6.07) is 5.33. The summed E-state index contributed by atoms with van der Waals surface area (Å²) in [4.78, 5) is 5.67. The lowest BCUT2D eigenvalue weighted by atomic mass is 10.2. The zero-order valence-corrected chi connectivity index (χ0v) is 11.1. The van der Waals surface area contributed by atoms with Gasteiger partial charge >= 0.3 is 0 Å². The third-order valence-electron chi connectivity index (χ3n) is 3.36. The van der Waals surface area contributed by atoms with Crippen LogP contribution in [0.15, 0.2) is 12.1 Å². The second-order valence-corrected chi connectivity index (χ2v) is 5.80. The molecule has 90 valence electrons. The van der Waals surface area contributed by atoms with Crippen LogP contribution < -0.4 is 5.32 Å². The Bertz CT molecular complexity index is 321. The molecular formula is C13H22N2S. The molecule has 1 N–H and O–H groups in total. The van der Waals surface area contributed by atoms with E-state index in [9.17, 15) is 0 Å². The zero-order valence-electron chi connectivity index (χ0n) is 10.3. The topological polar surface area (TPSA) is 15.3 Å². The largest absolute Gasteiger partial charge is 0.318 e. The summed E-state index contributed by atoms with van der Waals surface area (Å²) in [5.41, 5.74) is 0. The molecule has 1 fully saturated rings. The van der Waals surface area contributed by atoms with Crippen LogP contribution in [0.5, 0.6) is 0 Å². The van der Waals surface area contributed by atoms with Crippen molar-refractivity contribution in [3.8, 4) is 0 Å². The minimum absolute atomic E-state index is 0.747. The summed E-state index contributed by atoms with van der Waals surface area (Å²) >= 11 is 1.98. The highest BCUT2D eigenvalue weighted by Gasteiger charge is 2.23. The van der Waals surface area contributed by atoms with Gasteiger partial charge in [0.25, 0.3) is 0 Å². The van der Waals surface area contributed by atoms with Gasteiger partial charge in [0.05, 0.1) is 0 Å². The number of aryl methyl sites for hydroxylation is 1. The van der Waals surface area contributed by atoms with Crippen LogP contribution >= 0.6 is 11.3 Å². The molecule has 1 aromatic rings. The van der Waals surface area contributed by atoms with Gasteiger partial charge in [0, 0.05) is 28.9 Å². The average Bonchev–Trinajstić information content (AvgIpc) is 2.90. The van der Waals surface area contributed by atoms with Crippen molar-refractivity contribution in [2.75, 3.05) is 20.1 Å². The van der Waals surface area contributed by atoms with Gasteiger partial charge in [-0.15, -0.1) is 11.3 Å². The molecule has 0 aromatic carbocycles. The van der Waals surface area contributed by atoms with Crippen LogP contribution in [0, 0.1) is 0 Å². The third-order valence-corrected chi connectivity index (χ3v) is 4.58. The molecule has 1 atom stereocenters. The molecule has 2 heterocycles. The molecule has 3 heteroatoms. The molecule has 1 saturated heterocycles. The highest BCUT2D eigenvalue weighted by atomic mass is 32.1. The number of likely N-dealkylation sites (N-methyl/N-ethyl adjacent to an activating group) is 1. The summed E-state index contributed by atoms with van der Waals surface area (Å²) in [5, 5.41) is 3.30. The Morgan fingerprint density at radius 3 is 2.94 bits per heavy atom. The quantitative estimate of drug-likeness (QED) is 0.848. The standard InChI is InChI=1S/C13H22N2S/c1-3-12-6-7-13(16-12)10-15-8-4-5-11(15)9-14-2/h6-7,11,14H,3-5,8-10H2,1-2H3. The fourth-order valence-corrected chi connectivity index (χ4v) is 3.45. The second-order valence-electron chi connectivity index (χ2n) is 4.55. The van der Waals surface area contributed by atoms with E-state index in [0.29, 0.717) is 0 Å². The molecule has 16 heavy (non-hydrogen) atoms. The minimum atomic E-state index is 0.747. The van der Waals surface area contributed by atoms with Crippen molar-refractivity contribution in [1.29, 1.82) is 0 Å². The lowest BCUT2D eigenvalue weighted by Gasteiger charge is -2.23. The molecule has 0 amide bonds. The number of hydrogen-bond acceptors (Lipinski definition) is 3. The number of hydrogen-bond donors (Lipinski definition) is 1. The van der Waals surface area contributed by atoms with Crippen molar-refractivity contribution in [3.05, 3.63) is 21.9 Å². The maximum Gasteiger partial charge on any atom is 0.0331 e. The van der Waals surface area contributed by atoms with Crippen molar-refractivity contribution < 1.29 is 0 Å². The maximum absolute atomic E-state index is 3.30. The number of likely N-dealkylation sites (tertiary alicyclic amines) is 1. The van der Waals surface area contributed by atoms with E-state index in [1.54, 1.807) is 0 Å². The van der Waals surface area contributed by atoms with E-state index in [1.807, 2.05) is 11.3 Å². The van der Waals surface area contributed by atoms with Crippen LogP contribution in [0.2, 0.25) is 0 Å². The van der Waals surface area contributed by atoms with Crippen molar-refractivity contribution in [2.45, 2.75) is 38.8 Å². The molecule has 0 radical (unpaired) electrons. The van der Waals surface area contributed by atoms with Gasteiger partial charge in [0.2, 0.25) is 0 Å². The van der Waals surface area contributed by atoms with Gasteiger partial charge in [-0.3, -0.25) is 4.90 Å². The van der Waals surface area contributed by atoms with Crippen LogP contribution in [-0.2, 0) is 13.0 Å². The Kier molecular flexibility index (Phi) is 4.38. The lowest BCUT2D eigenvalue weighted by Crippen LogP contribution is -2.36. The van der Waals surface area contributed by atoms with Crippen LogP contribution in [0.1, 0.15) is 29.5 Å². The molecule has 0 bridgehead atoms. The molecule has 1 aliphatic heterocycles. The van der Waals surface area contributed by atoms with Gasteiger partial charge in [-0.05, 0) is 45.0 Å². The normalized spacial score (nSPS) is 21.8. The number of nitrogens with zero attached hydrogens (tertiary/aromatic N) is 1. The Morgan fingerprint density at radius 2 is 2.25 bits per heavy atom. The van der Waals surface area contributed by atoms with E-state index in [0.717, 1.165) is 19.1 Å². The van der Waals surface area contributed by atoms with Crippen LogP contribution in [-0.4, -0.2) is 31.1 Å². The summed E-state index contributed by atoms with van der Waals surface area (Å²) in [7, 11) is 2.05. The third kappa shape index (κ3) is 2.84. The van der Waals surface area contributed by atoms with E-state index in [-0.39, 0.29) is 0 Å². The number of rotatable bonds is 5. The molecule has 0 saturated carbocycles. The van der Waals surface area contributed by atoms with Gasteiger partial charge in [0.1, 0.15) is 0 Å². The molecule has 1 aliphatic rings. The highest BCUT2D eigenvalue weighted by Crippen LogP contribution is 2.23. The van der Waals surface area contributed by atoms with Crippen LogP contribution in [0.25, 0.3) is 0 Å². The molecule has 2 nitrogen and oxygen atoms in total. The predicted molar refractivity (Wildman–Crippen MR) is 71.1 cm³/mol. The number of thiophene rings is 1. The summed E-state index contributed by atoms with van der Waals surface area (Å²) in [6.07, 6.45) is 3.88. The van der Waals surface area contributed by atoms with E-state index < -0.39 is 0 Å². The lowest BCUT2D eigenvalue weighted by molar-refractivity contribution is 0.244. The van der Waals surface area contributed by atoms with Crippen molar-refractivity contribution >= 4 is 11.3 Å². The first-order valence-electron chi connectivity index (χ1n) is 6.29. The summed E-state index contributed by atoms with van der Waals surface area (Å²) < 4.78 is 0. The summed E-state index contributed by atoms with van der Waals surface area (Å²) in [5.74, 6) is 0. The zero-order chi connectivity index (χ0) is 11.4. The molecule has 0 spiro atoms. The van der Waals surface area contributed by atoms with Gasteiger partial charge in [-0.1, -0.05) is 6.92 Å². The summed E-state index contributed by atoms with van der Waals surface area (Å²) in [6.45, 7) is 5.78. The van der Waals surface area contributed by atoms with Crippen molar-refractivity contribution in [3.63, 3.8) is 0 Å². The van der Waals surface area contributed by atoms with Gasteiger partial charge in [-0.2, -0.15) is 0 Å². The highest BCUT2D eigenvalue weighted by molar-refractivity contribution is 7.11. The Morgan fingerprint density at radius 1 is 1.44 bits per heavy atom. The van der Waals surface area contributed by atoms with Crippen molar-refractivity contribution in [2.24, 2.45) is 0 Å². The smallest absolute Gasteiger partial charge is 0.0331 e. The molecule has 0 aliphatic carbocycles. The average molecular weight is 238 g/mol. The molecule has 1 aromatic heterocycles. The van der Waals surface area contributed by atoms with Crippen LogP contribution in [0.3, 0.4) is 0 Å². The maximum atomic E-state index is 3.30. The second kappa shape index (κ2) is 5.80. The molecular weight excluding hydrogens is 216 g/mol. The Balaban J connectivity index is 1.92. The monoisotopic (exact) mass is 238 g/mol. The Hall–Kier alpha value is -0.380. The number of nitrogens with one attached hydrogen (secondary N) is 1. The predicted octanol–water partition coefficient (Wildman–Crippen LogP) is 2.49. The molecule has 1 unspecified atom stereocenters. The van der Waals surface area contributed by atoms with Gasteiger partial charge in [-0.25, -0.2) is 0 Å². The van der Waals surface area contributed by atoms with E-state index >= 15 is 0 Å². The molecule has 2 rings (SSSR count). The first-order valence-corrected chi connectivity index (χ1v) is 7.11.